The van der Waals surface area contributed by atoms with Gasteiger partial charge in [-0.05, 0) is 34.6 Å². The van der Waals surface area contributed by atoms with Crippen molar-refractivity contribution in [1.29, 1.82) is 0 Å². The van der Waals surface area contributed by atoms with E-state index in [9.17, 15) is 10.1 Å². The summed E-state index contributed by atoms with van der Waals surface area (Å²) >= 11 is 9.35. The molecular weight excluding hydrogens is 366 g/mol. The summed E-state index contributed by atoms with van der Waals surface area (Å²) in [6.45, 7) is 0. The molecule has 0 saturated carbocycles. The Morgan fingerprint density at radius 2 is 1.95 bits per heavy atom. The minimum atomic E-state index is -0.567. The molecule has 0 fully saturated rings. The summed E-state index contributed by atoms with van der Waals surface area (Å²) in [5.74, 6) is 0.640. The lowest BCUT2D eigenvalue weighted by Crippen LogP contribution is -1.92. The average Bonchev–Trinajstić information content (AvgIpc) is 2.92. The number of hydrogen-bond acceptors (Lipinski definition) is 6. The van der Waals surface area contributed by atoms with Gasteiger partial charge in [-0.3, -0.25) is 10.1 Å². The van der Waals surface area contributed by atoms with Crippen molar-refractivity contribution in [3.05, 3.63) is 49.9 Å². The first-order valence-electron chi connectivity index (χ1n) is 5.59. The third kappa shape index (κ3) is 2.55. The fourth-order valence-electron chi connectivity index (χ4n) is 1.73. The van der Waals surface area contributed by atoms with Crippen molar-refractivity contribution in [2.45, 2.75) is 0 Å². The van der Waals surface area contributed by atoms with E-state index in [2.05, 4.69) is 30.9 Å². The third-order valence-corrected chi connectivity index (χ3v) is 3.47. The van der Waals surface area contributed by atoms with Gasteiger partial charge in [-0.15, -0.1) is 0 Å². The molecule has 0 aliphatic heterocycles. The van der Waals surface area contributed by atoms with E-state index in [1.165, 1.54) is 12.1 Å². The number of aromatic nitrogens is 2. The van der Waals surface area contributed by atoms with E-state index < -0.39 is 4.92 Å². The average molecular weight is 371 g/mol. The van der Waals surface area contributed by atoms with E-state index in [4.69, 9.17) is 16.3 Å². The molecule has 1 heterocycles. The first-order valence-corrected chi connectivity index (χ1v) is 6.76. The maximum atomic E-state index is 10.9. The van der Waals surface area contributed by atoms with Gasteiger partial charge in [-0.1, -0.05) is 27.5 Å². The molecule has 7 nitrogen and oxygen atoms in total. The molecule has 9 heteroatoms. The fraction of sp³-hybridized carbons (Fsp3) is 0. The summed E-state index contributed by atoms with van der Waals surface area (Å²) in [6, 6.07) is 7.78. The first kappa shape index (κ1) is 13.8. The quantitative estimate of drug-likeness (QED) is 0.503. The monoisotopic (exact) mass is 369 g/mol. The molecule has 0 aliphatic rings. The normalized spacial score (nSPS) is 10.8. The molecule has 0 saturated heterocycles. The van der Waals surface area contributed by atoms with Crippen LogP contribution in [0.15, 0.2) is 39.4 Å². The van der Waals surface area contributed by atoms with Crippen molar-refractivity contribution >= 4 is 44.3 Å². The summed E-state index contributed by atoms with van der Waals surface area (Å²) in [5.41, 5.74) is -0.0391. The SMILES string of the molecule is O=[N+]([O-])c1ccc(Oc2cc(Br)ccc2Cl)c2nonc12. The Bertz CT molecular complexity index is 852. The Balaban J connectivity index is 2.10. The van der Waals surface area contributed by atoms with Gasteiger partial charge in [-0.2, -0.15) is 0 Å². The van der Waals surface area contributed by atoms with Crippen LogP contribution >= 0.6 is 27.5 Å². The molecule has 0 bridgehead atoms. The van der Waals surface area contributed by atoms with Gasteiger partial charge in [0, 0.05) is 10.5 Å². The predicted octanol–water partition coefficient (Wildman–Crippen LogP) is 4.34. The predicted molar refractivity (Wildman–Crippen MR) is 77.7 cm³/mol. The third-order valence-electron chi connectivity index (χ3n) is 2.67. The number of halogens is 2. The van der Waals surface area contributed by atoms with Crippen LogP contribution in [-0.4, -0.2) is 15.2 Å². The van der Waals surface area contributed by atoms with Crippen LogP contribution < -0.4 is 4.74 Å². The van der Waals surface area contributed by atoms with Gasteiger partial charge in [0.05, 0.1) is 9.95 Å². The van der Waals surface area contributed by atoms with Gasteiger partial charge in [0.2, 0.25) is 5.52 Å². The molecule has 3 rings (SSSR count). The highest BCUT2D eigenvalue weighted by Gasteiger charge is 2.21. The molecule has 0 amide bonds. The second-order valence-corrected chi connectivity index (χ2v) is 5.30. The molecule has 0 N–H and O–H groups in total. The highest BCUT2D eigenvalue weighted by Crippen LogP contribution is 2.36. The summed E-state index contributed by atoms with van der Waals surface area (Å²) in [5, 5.41) is 18.5. The Hall–Kier alpha value is -2.19. The van der Waals surface area contributed by atoms with Crippen LogP contribution in [-0.2, 0) is 0 Å². The van der Waals surface area contributed by atoms with Crippen molar-refractivity contribution in [3.8, 4) is 11.5 Å². The molecule has 106 valence electrons. The lowest BCUT2D eigenvalue weighted by Gasteiger charge is -2.07. The maximum absolute atomic E-state index is 10.9. The highest BCUT2D eigenvalue weighted by molar-refractivity contribution is 9.10. The number of benzene rings is 2. The van der Waals surface area contributed by atoms with Crippen molar-refractivity contribution in [1.82, 2.24) is 10.3 Å². The fourth-order valence-corrected chi connectivity index (χ4v) is 2.23. The lowest BCUT2D eigenvalue weighted by molar-refractivity contribution is -0.383. The maximum Gasteiger partial charge on any atom is 0.301 e. The molecular formula is C12H5BrClN3O4. The Morgan fingerprint density at radius 3 is 2.71 bits per heavy atom. The molecule has 2 aromatic carbocycles. The van der Waals surface area contributed by atoms with E-state index in [0.29, 0.717) is 10.8 Å². The van der Waals surface area contributed by atoms with Gasteiger partial charge in [0.25, 0.3) is 0 Å². The second-order valence-electron chi connectivity index (χ2n) is 3.98. The number of nitro benzene ring substituents is 1. The number of nitrogens with zero attached hydrogens (tertiary/aromatic N) is 3. The summed E-state index contributed by atoms with van der Waals surface area (Å²) in [4.78, 5) is 10.3. The first-order chi connectivity index (χ1) is 10.1. The van der Waals surface area contributed by atoms with Crippen molar-refractivity contribution in [2.75, 3.05) is 0 Å². The van der Waals surface area contributed by atoms with Crippen LogP contribution in [0.25, 0.3) is 11.0 Å². The van der Waals surface area contributed by atoms with Crippen LogP contribution in [0, 0.1) is 10.1 Å². The highest BCUT2D eigenvalue weighted by atomic mass is 79.9. The standard InChI is InChI=1S/C12H5BrClN3O4/c13-6-1-2-7(14)10(5-6)20-9-4-3-8(17(18)19)11-12(9)16-21-15-11/h1-5H. The van der Waals surface area contributed by atoms with E-state index in [-0.39, 0.29) is 22.5 Å². The van der Waals surface area contributed by atoms with E-state index in [1.54, 1.807) is 18.2 Å². The molecule has 21 heavy (non-hydrogen) atoms. The number of ether oxygens (including phenoxy) is 1. The van der Waals surface area contributed by atoms with Gasteiger partial charge in [0.15, 0.2) is 11.3 Å². The second kappa shape index (κ2) is 5.30. The van der Waals surface area contributed by atoms with Crippen LogP contribution in [0.3, 0.4) is 0 Å². The molecule has 0 atom stereocenters. The van der Waals surface area contributed by atoms with Crippen molar-refractivity contribution in [2.24, 2.45) is 0 Å². The number of fused-ring (bicyclic) bond motifs is 1. The van der Waals surface area contributed by atoms with Crippen LogP contribution in [0.2, 0.25) is 5.02 Å². The summed E-state index contributed by atoms with van der Waals surface area (Å²) in [6.07, 6.45) is 0. The molecule has 0 radical (unpaired) electrons. The van der Waals surface area contributed by atoms with E-state index in [1.807, 2.05) is 0 Å². The zero-order valence-corrected chi connectivity index (χ0v) is 12.5. The molecule has 0 spiro atoms. The summed E-state index contributed by atoms with van der Waals surface area (Å²) in [7, 11) is 0. The molecule has 0 aliphatic carbocycles. The molecule has 3 aromatic rings. The van der Waals surface area contributed by atoms with Crippen molar-refractivity contribution in [3.63, 3.8) is 0 Å². The number of rotatable bonds is 3. The van der Waals surface area contributed by atoms with Gasteiger partial charge in [0.1, 0.15) is 5.75 Å². The Morgan fingerprint density at radius 1 is 1.19 bits per heavy atom. The number of nitro groups is 1. The summed E-state index contributed by atoms with van der Waals surface area (Å²) < 4.78 is 11.0. The van der Waals surface area contributed by atoms with Crippen LogP contribution in [0.4, 0.5) is 5.69 Å². The zero-order chi connectivity index (χ0) is 15.0. The topological polar surface area (TPSA) is 91.3 Å². The largest absolute Gasteiger partial charge is 0.453 e. The zero-order valence-electron chi connectivity index (χ0n) is 10.1. The molecule has 0 unspecified atom stereocenters. The minimum absolute atomic E-state index is 0.0172. The molecule has 1 aromatic heterocycles. The van der Waals surface area contributed by atoms with Crippen LogP contribution in [0.5, 0.6) is 11.5 Å². The van der Waals surface area contributed by atoms with Gasteiger partial charge >= 0.3 is 5.69 Å². The number of hydrogen-bond donors (Lipinski definition) is 0. The minimum Gasteiger partial charge on any atom is -0.453 e. The lowest BCUT2D eigenvalue weighted by atomic mass is 10.2. The van der Waals surface area contributed by atoms with Gasteiger partial charge < -0.3 is 4.74 Å². The van der Waals surface area contributed by atoms with E-state index >= 15 is 0 Å². The Kier molecular flexibility index (Phi) is 3.48. The smallest absolute Gasteiger partial charge is 0.301 e. The van der Waals surface area contributed by atoms with E-state index in [0.717, 1.165) is 4.47 Å². The van der Waals surface area contributed by atoms with Crippen LogP contribution in [0.1, 0.15) is 0 Å². The van der Waals surface area contributed by atoms with Crippen molar-refractivity contribution < 1.29 is 14.3 Å². The Labute approximate surface area is 130 Å². The number of non-ortho nitro benzene ring substituents is 1. The van der Waals surface area contributed by atoms with Gasteiger partial charge in [-0.25, -0.2) is 4.63 Å².